The van der Waals surface area contributed by atoms with Crippen LogP contribution in [0.15, 0.2) is 41.4 Å². The van der Waals surface area contributed by atoms with Gasteiger partial charge in [-0.05, 0) is 30.9 Å². The minimum Gasteiger partial charge on any atom is -0.379 e. The molecule has 0 spiro atoms. The summed E-state index contributed by atoms with van der Waals surface area (Å²) in [4.78, 5) is 7.28. The summed E-state index contributed by atoms with van der Waals surface area (Å²) in [6.45, 7) is 8.36. The first-order valence-corrected chi connectivity index (χ1v) is 9.42. The van der Waals surface area contributed by atoms with Crippen molar-refractivity contribution in [3.63, 3.8) is 0 Å². The van der Waals surface area contributed by atoms with Gasteiger partial charge in [0, 0.05) is 32.2 Å². The summed E-state index contributed by atoms with van der Waals surface area (Å²) in [7, 11) is 0. The summed E-state index contributed by atoms with van der Waals surface area (Å²) in [5.41, 5.74) is 2.67. The third kappa shape index (κ3) is 6.55. The topological polar surface area (TPSA) is 48.9 Å². The van der Waals surface area contributed by atoms with Crippen molar-refractivity contribution in [3.8, 4) is 0 Å². The summed E-state index contributed by atoms with van der Waals surface area (Å²) in [6, 6.07) is 9.12. The van der Waals surface area contributed by atoms with Crippen LogP contribution in [0.2, 0.25) is 0 Å². The molecule has 0 bridgehead atoms. The number of hydrogen-bond donors (Lipinski definition) is 2. The zero-order valence-electron chi connectivity index (χ0n) is 15.6. The number of nitrogens with one attached hydrogen (secondary N) is 2. The average molecular weight is 470 g/mol. The summed E-state index contributed by atoms with van der Waals surface area (Å²) < 4.78 is 5.45. The molecule has 2 aliphatic rings. The van der Waals surface area contributed by atoms with Gasteiger partial charge in [0.25, 0.3) is 0 Å². The molecule has 3 rings (SSSR count). The number of hydrogen-bond acceptors (Lipinski definition) is 3. The highest BCUT2D eigenvalue weighted by Crippen LogP contribution is 2.14. The third-order valence-electron chi connectivity index (χ3n) is 4.72. The van der Waals surface area contributed by atoms with Crippen LogP contribution in [0.5, 0.6) is 0 Å². The molecule has 0 radical (unpaired) electrons. The molecule has 1 aliphatic carbocycles. The van der Waals surface area contributed by atoms with Crippen molar-refractivity contribution in [2.45, 2.75) is 38.9 Å². The molecule has 2 N–H and O–H groups in total. The van der Waals surface area contributed by atoms with E-state index in [0.29, 0.717) is 12.6 Å². The molecule has 0 aromatic heterocycles. The monoisotopic (exact) mass is 470 g/mol. The number of rotatable bonds is 6. The van der Waals surface area contributed by atoms with E-state index in [-0.39, 0.29) is 24.0 Å². The van der Waals surface area contributed by atoms with Gasteiger partial charge in [-0.15, -0.1) is 24.0 Å². The van der Waals surface area contributed by atoms with E-state index in [2.05, 4.69) is 58.9 Å². The van der Waals surface area contributed by atoms with E-state index < -0.39 is 0 Å². The maximum Gasteiger partial charge on any atom is 0.191 e. The van der Waals surface area contributed by atoms with Gasteiger partial charge in [0.05, 0.1) is 19.8 Å². The lowest BCUT2D eigenvalue weighted by Crippen LogP contribution is -2.42. The Morgan fingerprint density at radius 1 is 1.15 bits per heavy atom. The molecule has 0 saturated carbocycles. The van der Waals surface area contributed by atoms with Crippen LogP contribution in [0, 0.1) is 0 Å². The van der Waals surface area contributed by atoms with Crippen LogP contribution < -0.4 is 10.6 Å². The van der Waals surface area contributed by atoms with Crippen LogP contribution in [-0.2, 0) is 17.8 Å². The van der Waals surface area contributed by atoms with Crippen LogP contribution in [-0.4, -0.2) is 49.7 Å². The van der Waals surface area contributed by atoms with Crippen molar-refractivity contribution in [1.82, 2.24) is 15.5 Å². The molecule has 144 valence electrons. The molecule has 0 atom stereocenters. The Hall–Kier alpha value is -1.12. The molecule has 1 heterocycles. The fourth-order valence-electron chi connectivity index (χ4n) is 3.28. The number of ether oxygens (including phenoxy) is 1. The van der Waals surface area contributed by atoms with Crippen LogP contribution in [0.3, 0.4) is 0 Å². The van der Waals surface area contributed by atoms with Gasteiger partial charge in [-0.3, -0.25) is 4.90 Å². The van der Waals surface area contributed by atoms with Crippen molar-refractivity contribution in [3.05, 3.63) is 47.5 Å². The highest BCUT2D eigenvalue weighted by atomic mass is 127. The lowest BCUT2D eigenvalue weighted by atomic mass is 10.1. The average Bonchev–Trinajstić information content (AvgIpc) is 3.15. The SMILES string of the molecule is CCNC(=NCc1ccccc1CN1CCOCC1)NC1CC=CC1.I. The summed E-state index contributed by atoms with van der Waals surface area (Å²) >= 11 is 0. The first-order chi connectivity index (χ1) is 12.3. The van der Waals surface area contributed by atoms with Crippen molar-refractivity contribution < 1.29 is 4.74 Å². The van der Waals surface area contributed by atoms with Crippen LogP contribution in [0.1, 0.15) is 30.9 Å². The number of guanidine groups is 1. The second-order valence-corrected chi connectivity index (χ2v) is 6.64. The highest BCUT2D eigenvalue weighted by Gasteiger charge is 2.14. The van der Waals surface area contributed by atoms with E-state index in [9.17, 15) is 0 Å². The van der Waals surface area contributed by atoms with Gasteiger partial charge in [0.2, 0.25) is 0 Å². The number of aliphatic imine (C=N–C) groups is 1. The highest BCUT2D eigenvalue weighted by molar-refractivity contribution is 14.0. The number of benzene rings is 1. The second kappa shape index (κ2) is 11.6. The number of nitrogens with zero attached hydrogens (tertiary/aromatic N) is 2. The molecule has 1 saturated heterocycles. The van der Waals surface area contributed by atoms with Gasteiger partial charge in [-0.1, -0.05) is 36.4 Å². The first kappa shape index (κ1) is 21.2. The van der Waals surface area contributed by atoms with E-state index in [1.807, 2.05) is 0 Å². The van der Waals surface area contributed by atoms with Gasteiger partial charge in [0.1, 0.15) is 0 Å². The number of halogens is 1. The molecule has 0 amide bonds. The molecular formula is C20H31IN4O. The largest absolute Gasteiger partial charge is 0.379 e. The Bertz CT molecular complexity index is 591. The summed E-state index contributed by atoms with van der Waals surface area (Å²) in [6.07, 6.45) is 6.63. The summed E-state index contributed by atoms with van der Waals surface area (Å²) in [5.74, 6) is 0.914. The molecule has 6 heteroatoms. The van der Waals surface area contributed by atoms with E-state index in [0.717, 1.165) is 58.2 Å². The first-order valence-electron chi connectivity index (χ1n) is 9.42. The Balaban J connectivity index is 0.00000243. The third-order valence-corrected chi connectivity index (χ3v) is 4.72. The molecular weight excluding hydrogens is 439 g/mol. The van der Waals surface area contributed by atoms with Gasteiger partial charge in [-0.25, -0.2) is 4.99 Å². The Morgan fingerprint density at radius 2 is 1.85 bits per heavy atom. The van der Waals surface area contributed by atoms with Crippen LogP contribution in [0.25, 0.3) is 0 Å². The zero-order chi connectivity index (χ0) is 17.3. The maximum atomic E-state index is 5.45. The van der Waals surface area contributed by atoms with E-state index in [1.165, 1.54) is 11.1 Å². The fourth-order valence-corrected chi connectivity index (χ4v) is 3.28. The number of morpholine rings is 1. The van der Waals surface area contributed by atoms with Gasteiger partial charge < -0.3 is 15.4 Å². The van der Waals surface area contributed by atoms with Crippen molar-refractivity contribution >= 4 is 29.9 Å². The predicted molar refractivity (Wildman–Crippen MR) is 118 cm³/mol. The van der Waals surface area contributed by atoms with E-state index in [1.54, 1.807) is 0 Å². The molecule has 26 heavy (non-hydrogen) atoms. The smallest absolute Gasteiger partial charge is 0.191 e. The lowest BCUT2D eigenvalue weighted by Gasteiger charge is -2.27. The van der Waals surface area contributed by atoms with E-state index >= 15 is 0 Å². The van der Waals surface area contributed by atoms with Crippen molar-refractivity contribution in [1.29, 1.82) is 0 Å². The fraction of sp³-hybridized carbons (Fsp3) is 0.550. The van der Waals surface area contributed by atoms with Crippen LogP contribution >= 0.6 is 24.0 Å². The predicted octanol–water partition coefficient (Wildman–Crippen LogP) is 2.91. The Labute approximate surface area is 174 Å². The van der Waals surface area contributed by atoms with Crippen LogP contribution in [0.4, 0.5) is 0 Å². The normalized spacial score (nSPS) is 18.6. The van der Waals surface area contributed by atoms with Gasteiger partial charge in [0.15, 0.2) is 5.96 Å². The van der Waals surface area contributed by atoms with E-state index in [4.69, 9.17) is 9.73 Å². The zero-order valence-corrected chi connectivity index (χ0v) is 17.9. The summed E-state index contributed by atoms with van der Waals surface area (Å²) in [5, 5.41) is 6.90. The maximum absolute atomic E-state index is 5.45. The van der Waals surface area contributed by atoms with Gasteiger partial charge >= 0.3 is 0 Å². The Morgan fingerprint density at radius 3 is 2.54 bits per heavy atom. The quantitative estimate of drug-likeness (QED) is 0.291. The second-order valence-electron chi connectivity index (χ2n) is 6.64. The minimum atomic E-state index is 0. The Kier molecular flexibility index (Phi) is 9.42. The standard InChI is InChI=1S/C20H30N4O.HI/c1-2-21-20(23-19-9-5-6-10-19)22-15-17-7-3-4-8-18(17)16-24-11-13-25-14-12-24;/h3-8,19H,2,9-16H2,1H3,(H2,21,22,23);1H. The van der Waals surface area contributed by atoms with Crippen molar-refractivity contribution in [2.75, 3.05) is 32.8 Å². The molecule has 1 aromatic rings. The lowest BCUT2D eigenvalue weighted by molar-refractivity contribution is 0.0341. The molecule has 1 fully saturated rings. The molecule has 5 nitrogen and oxygen atoms in total. The van der Waals surface area contributed by atoms with Gasteiger partial charge in [-0.2, -0.15) is 0 Å². The molecule has 0 unspecified atom stereocenters. The molecule has 1 aliphatic heterocycles. The minimum absolute atomic E-state index is 0. The molecule has 1 aromatic carbocycles. The van der Waals surface area contributed by atoms with Crippen molar-refractivity contribution in [2.24, 2.45) is 4.99 Å².